The van der Waals surface area contributed by atoms with E-state index in [2.05, 4.69) is 6.58 Å². The van der Waals surface area contributed by atoms with Crippen LogP contribution in [-0.2, 0) is 4.74 Å². The first-order valence-electron chi connectivity index (χ1n) is 5.28. The van der Waals surface area contributed by atoms with E-state index in [0.29, 0.717) is 12.4 Å². The molecule has 16 heavy (non-hydrogen) atoms. The lowest BCUT2D eigenvalue weighted by molar-refractivity contribution is 0.0692. The molecule has 0 fully saturated rings. The molecule has 1 aromatic rings. The SMILES string of the molecule is C=CCO[C@@H](CC)c1cc(F)ccc1OC. The summed E-state index contributed by atoms with van der Waals surface area (Å²) in [5.41, 5.74) is 0.742. The van der Waals surface area contributed by atoms with Gasteiger partial charge in [-0.15, -0.1) is 6.58 Å². The molecule has 0 aliphatic carbocycles. The summed E-state index contributed by atoms with van der Waals surface area (Å²) >= 11 is 0. The fraction of sp³-hybridized carbons (Fsp3) is 0.385. The molecule has 88 valence electrons. The summed E-state index contributed by atoms with van der Waals surface area (Å²) in [6.07, 6.45) is 2.27. The zero-order valence-electron chi connectivity index (χ0n) is 9.70. The first-order valence-corrected chi connectivity index (χ1v) is 5.28. The van der Waals surface area contributed by atoms with Gasteiger partial charge >= 0.3 is 0 Å². The number of halogens is 1. The van der Waals surface area contributed by atoms with Crippen molar-refractivity contribution < 1.29 is 13.9 Å². The lowest BCUT2D eigenvalue weighted by Gasteiger charge is -2.18. The standard InChI is InChI=1S/C13H17FO2/c1-4-8-16-12(5-2)11-9-10(14)6-7-13(11)15-3/h4,6-7,9,12H,1,5,8H2,2-3H3/t12-/m0/s1. The van der Waals surface area contributed by atoms with Crippen LogP contribution in [0.15, 0.2) is 30.9 Å². The van der Waals surface area contributed by atoms with E-state index in [1.807, 2.05) is 6.92 Å². The molecule has 0 aliphatic rings. The Kier molecular flexibility index (Phi) is 4.99. The Bertz CT molecular complexity index is 350. The van der Waals surface area contributed by atoms with Crippen molar-refractivity contribution in [1.29, 1.82) is 0 Å². The van der Waals surface area contributed by atoms with E-state index in [4.69, 9.17) is 9.47 Å². The normalized spacial score (nSPS) is 12.2. The van der Waals surface area contributed by atoms with Crippen molar-refractivity contribution in [2.24, 2.45) is 0 Å². The van der Waals surface area contributed by atoms with E-state index in [9.17, 15) is 4.39 Å². The number of rotatable bonds is 6. The predicted molar refractivity (Wildman–Crippen MR) is 62.1 cm³/mol. The zero-order chi connectivity index (χ0) is 12.0. The molecule has 1 aromatic carbocycles. The Balaban J connectivity index is 2.96. The molecule has 0 amide bonds. The van der Waals surface area contributed by atoms with E-state index >= 15 is 0 Å². The third-order valence-corrected chi connectivity index (χ3v) is 2.32. The Labute approximate surface area is 95.7 Å². The highest BCUT2D eigenvalue weighted by Crippen LogP contribution is 2.30. The minimum atomic E-state index is -0.281. The molecule has 1 rings (SSSR count). The van der Waals surface area contributed by atoms with Crippen LogP contribution in [0.1, 0.15) is 25.0 Å². The highest BCUT2D eigenvalue weighted by molar-refractivity contribution is 5.35. The van der Waals surface area contributed by atoms with Gasteiger partial charge in [-0.1, -0.05) is 13.0 Å². The van der Waals surface area contributed by atoms with E-state index in [-0.39, 0.29) is 11.9 Å². The summed E-state index contributed by atoms with van der Waals surface area (Å²) in [5.74, 6) is 0.369. The van der Waals surface area contributed by atoms with Crippen LogP contribution in [0.25, 0.3) is 0 Å². The van der Waals surface area contributed by atoms with Crippen molar-refractivity contribution in [3.8, 4) is 5.75 Å². The van der Waals surface area contributed by atoms with Gasteiger partial charge in [0.2, 0.25) is 0 Å². The molecule has 0 radical (unpaired) electrons. The largest absolute Gasteiger partial charge is 0.496 e. The summed E-state index contributed by atoms with van der Waals surface area (Å²) in [6, 6.07) is 4.45. The van der Waals surface area contributed by atoms with Gasteiger partial charge in [0.25, 0.3) is 0 Å². The molecule has 0 aliphatic heterocycles. The summed E-state index contributed by atoms with van der Waals surface area (Å²) in [6.45, 7) is 6.02. The molecular formula is C13H17FO2. The van der Waals surface area contributed by atoms with Crippen LogP contribution in [0, 0.1) is 5.82 Å². The van der Waals surface area contributed by atoms with Gasteiger partial charge in [-0.05, 0) is 24.6 Å². The second-order valence-corrected chi connectivity index (χ2v) is 3.41. The van der Waals surface area contributed by atoms with Gasteiger partial charge in [0.15, 0.2) is 0 Å². The smallest absolute Gasteiger partial charge is 0.124 e. The van der Waals surface area contributed by atoms with Gasteiger partial charge in [-0.25, -0.2) is 4.39 Å². The lowest BCUT2D eigenvalue weighted by atomic mass is 10.1. The second kappa shape index (κ2) is 6.28. The Morgan fingerprint density at radius 2 is 2.25 bits per heavy atom. The minimum absolute atomic E-state index is 0.163. The van der Waals surface area contributed by atoms with Crippen molar-refractivity contribution in [2.75, 3.05) is 13.7 Å². The molecule has 0 unspecified atom stereocenters. The van der Waals surface area contributed by atoms with Gasteiger partial charge in [-0.2, -0.15) is 0 Å². The van der Waals surface area contributed by atoms with E-state index < -0.39 is 0 Å². The molecule has 0 saturated carbocycles. The summed E-state index contributed by atoms with van der Waals surface area (Å²) in [7, 11) is 1.57. The molecule has 0 N–H and O–H groups in total. The van der Waals surface area contributed by atoms with Crippen LogP contribution in [0.2, 0.25) is 0 Å². The predicted octanol–water partition coefficient (Wildman–Crippen LogP) is 3.49. The fourth-order valence-corrected chi connectivity index (χ4v) is 1.57. The van der Waals surface area contributed by atoms with Crippen molar-refractivity contribution in [3.05, 3.63) is 42.2 Å². The monoisotopic (exact) mass is 224 g/mol. The number of ether oxygens (including phenoxy) is 2. The van der Waals surface area contributed by atoms with E-state index in [1.165, 1.54) is 12.1 Å². The Morgan fingerprint density at radius 1 is 1.50 bits per heavy atom. The first-order chi connectivity index (χ1) is 7.72. The average Bonchev–Trinajstić information content (AvgIpc) is 2.30. The third kappa shape index (κ3) is 3.07. The number of benzene rings is 1. The topological polar surface area (TPSA) is 18.5 Å². The van der Waals surface area contributed by atoms with Gasteiger partial charge in [0, 0.05) is 5.56 Å². The van der Waals surface area contributed by atoms with Crippen LogP contribution in [-0.4, -0.2) is 13.7 Å². The van der Waals surface area contributed by atoms with Gasteiger partial charge in [0.1, 0.15) is 11.6 Å². The average molecular weight is 224 g/mol. The highest BCUT2D eigenvalue weighted by Gasteiger charge is 2.15. The van der Waals surface area contributed by atoms with Gasteiger partial charge in [0.05, 0.1) is 19.8 Å². The molecular weight excluding hydrogens is 207 g/mol. The molecule has 0 bridgehead atoms. The van der Waals surface area contributed by atoms with Crippen LogP contribution in [0.3, 0.4) is 0 Å². The maximum atomic E-state index is 13.2. The number of methoxy groups -OCH3 is 1. The van der Waals surface area contributed by atoms with Crippen molar-refractivity contribution in [2.45, 2.75) is 19.4 Å². The van der Waals surface area contributed by atoms with Crippen LogP contribution in [0.5, 0.6) is 5.75 Å². The summed E-state index contributed by atoms with van der Waals surface area (Å²) in [4.78, 5) is 0. The van der Waals surface area contributed by atoms with Crippen LogP contribution < -0.4 is 4.74 Å². The van der Waals surface area contributed by atoms with Gasteiger partial charge in [-0.3, -0.25) is 0 Å². The van der Waals surface area contributed by atoms with Crippen molar-refractivity contribution >= 4 is 0 Å². The lowest BCUT2D eigenvalue weighted by Crippen LogP contribution is -2.06. The maximum absolute atomic E-state index is 13.2. The molecule has 0 heterocycles. The number of hydrogen-bond donors (Lipinski definition) is 0. The molecule has 0 spiro atoms. The second-order valence-electron chi connectivity index (χ2n) is 3.41. The van der Waals surface area contributed by atoms with Crippen molar-refractivity contribution in [1.82, 2.24) is 0 Å². The van der Waals surface area contributed by atoms with E-state index in [0.717, 1.165) is 12.0 Å². The Morgan fingerprint density at radius 3 is 2.81 bits per heavy atom. The summed E-state index contributed by atoms with van der Waals surface area (Å²) < 4.78 is 23.9. The molecule has 1 atom stereocenters. The fourth-order valence-electron chi connectivity index (χ4n) is 1.57. The van der Waals surface area contributed by atoms with Crippen molar-refractivity contribution in [3.63, 3.8) is 0 Å². The molecule has 0 saturated heterocycles. The zero-order valence-corrected chi connectivity index (χ0v) is 9.70. The highest BCUT2D eigenvalue weighted by atomic mass is 19.1. The quantitative estimate of drug-likeness (QED) is 0.689. The molecule has 2 nitrogen and oxygen atoms in total. The molecule has 0 aromatic heterocycles. The summed E-state index contributed by atoms with van der Waals surface area (Å²) in [5, 5.41) is 0. The van der Waals surface area contributed by atoms with Crippen LogP contribution in [0.4, 0.5) is 4.39 Å². The van der Waals surface area contributed by atoms with E-state index in [1.54, 1.807) is 19.3 Å². The third-order valence-electron chi connectivity index (χ3n) is 2.32. The van der Waals surface area contributed by atoms with Gasteiger partial charge < -0.3 is 9.47 Å². The minimum Gasteiger partial charge on any atom is -0.496 e. The Hall–Kier alpha value is -1.35. The maximum Gasteiger partial charge on any atom is 0.124 e. The first kappa shape index (κ1) is 12.7. The van der Waals surface area contributed by atoms with Crippen LogP contribution >= 0.6 is 0 Å². The molecule has 3 heteroatoms. The number of hydrogen-bond acceptors (Lipinski definition) is 2.